The van der Waals surface area contributed by atoms with Crippen molar-refractivity contribution in [2.24, 2.45) is 0 Å². The maximum atomic E-state index is 12.6. The van der Waals surface area contributed by atoms with Gasteiger partial charge < -0.3 is 5.32 Å². The fourth-order valence-corrected chi connectivity index (χ4v) is 3.63. The minimum absolute atomic E-state index is 0.217. The van der Waals surface area contributed by atoms with E-state index in [2.05, 4.69) is 22.4 Å². The average molecular weight is 298 g/mol. The van der Waals surface area contributed by atoms with Gasteiger partial charge in [0, 0.05) is 25.2 Å². The molecule has 0 aliphatic carbocycles. The van der Waals surface area contributed by atoms with Crippen LogP contribution in [-0.2, 0) is 16.6 Å². The fourth-order valence-electron chi connectivity index (χ4n) is 2.15. The summed E-state index contributed by atoms with van der Waals surface area (Å²) >= 11 is 0. The number of aromatic amines is 1. The van der Waals surface area contributed by atoms with Crippen LogP contribution in [0.1, 0.15) is 32.3 Å². The van der Waals surface area contributed by atoms with Gasteiger partial charge in [-0.15, -0.1) is 0 Å². The summed E-state index contributed by atoms with van der Waals surface area (Å²) in [5.41, 5.74) is 1.94. The van der Waals surface area contributed by atoms with Crippen LogP contribution >= 0.6 is 0 Å². The molecule has 2 rings (SSSR count). The maximum absolute atomic E-state index is 12.6. The number of rotatable bonds is 6. The van der Waals surface area contributed by atoms with Gasteiger partial charge in [-0.05, 0) is 26.3 Å². The van der Waals surface area contributed by atoms with Crippen LogP contribution in [0.5, 0.6) is 0 Å². The second kappa shape index (κ2) is 6.51. The number of nitrogens with one attached hydrogen (secondary N) is 2. The van der Waals surface area contributed by atoms with E-state index in [0.717, 1.165) is 19.4 Å². The van der Waals surface area contributed by atoms with Gasteiger partial charge in [0.2, 0.25) is 0 Å². The van der Waals surface area contributed by atoms with Gasteiger partial charge in [0.15, 0.2) is 5.03 Å². The van der Waals surface area contributed by atoms with Crippen molar-refractivity contribution >= 4 is 10.0 Å². The second-order valence-electron chi connectivity index (χ2n) is 5.06. The monoisotopic (exact) mass is 298 g/mol. The average Bonchev–Trinajstić information content (AvgIpc) is 2.89. The molecule has 0 saturated heterocycles. The molecule has 1 aliphatic rings. The van der Waals surface area contributed by atoms with Crippen molar-refractivity contribution in [2.75, 3.05) is 19.6 Å². The normalized spacial score (nSPS) is 17.2. The molecular weight excluding hydrogens is 276 g/mol. The lowest BCUT2D eigenvalue weighted by molar-refractivity contribution is 0.428. The molecule has 2 N–H and O–H groups in total. The van der Waals surface area contributed by atoms with E-state index >= 15 is 0 Å². The molecule has 0 saturated carbocycles. The minimum atomic E-state index is -3.48. The molecule has 7 heteroatoms. The van der Waals surface area contributed by atoms with Crippen LogP contribution in [0.3, 0.4) is 0 Å². The number of nitrogens with zero attached hydrogens (tertiary/aromatic N) is 2. The van der Waals surface area contributed by atoms with E-state index in [4.69, 9.17) is 0 Å². The van der Waals surface area contributed by atoms with E-state index in [1.165, 1.54) is 9.88 Å². The molecule has 1 aliphatic heterocycles. The first kappa shape index (κ1) is 15.2. The van der Waals surface area contributed by atoms with E-state index < -0.39 is 10.0 Å². The second-order valence-corrected chi connectivity index (χ2v) is 6.94. The molecule has 1 aromatic heterocycles. The standard InChI is InChI=1S/C13H22N4O2S/c1-3-6-14-9-12-10-15-16-13(12)20(18,19)17-7-4-11(2)5-8-17/h4,10,14H,3,5-9H2,1-2H3,(H,15,16). The van der Waals surface area contributed by atoms with Gasteiger partial charge in [-0.1, -0.05) is 18.6 Å². The lowest BCUT2D eigenvalue weighted by Crippen LogP contribution is -2.35. The van der Waals surface area contributed by atoms with Crippen molar-refractivity contribution in [1.82, 2.24) is 19.8 Å². The molecule has 1 aromatic rings. The van der Waals surface area contributed by atoms with Crippen LogP contribution < -0.4 is 5.32 Å². The van der Waals surface area contributed by atoms with E-state index in [1.54, 1.807) is 6.20 Å². The summed E-state index contributed by atoms with van der Waals surface area (Å²) in [6.45, 7) is 6.45. The first-order valence-corrected chi connectivity index (χ1v) is 8.38. The van der Waals surface area contributed by atoms with Gasteiger partial charge >= 0.3 is 0 Å². The van der Waals surface area contributed by atoms with E-state index in [1.807, 2.05) is 13.0 Å². The summed E-state index contributed by atoms with van der Waals surface area (Å²) in [5.74, 6) is 0. The summed E-state index contributed by atoms with van der Waals surface area (Å²) in [4.78, 5) is 0. The number of hydrogen-bond donors (Lipinski definition) is 2. The Morgan fingerprint density at radius 1 is 1.50 bits per heavy atom. The quantitative estimate of drug-likeness (QED) is 0.612. The summed E-state index contributed by atoms with van der Waals surface area (Å²) in [6.07, 6.45) is 5.35. The predicted molar refractivity (Wildman–Crippen MR) is 77.7 cm³/mol. The Kier molecular flexibility index (Phi) is 4.95. The van der Waals surface area contributed by atoms with Crippen LogP contribution in [0.15, 0.2) is 22.9 Å². The lowest BCUT2D eigenvalue weighted by Gasteiger charge is -2.24. The third kappa shape index (κ3) is 3.28. The van der Waals surface area contributed by atoms with Crippen LogP contribution in [0.2, 0.25) is 0 Å². The Morgan fingerprint density at radius 3 is 2.95 bits per heavy atom. The Bertz CT molecular complexity index is 577. The van der Waals surface area contributed by atoms with Gasteiger partial charge in [-0.2, -0.15) is 9.40 Å². The van der Waals surface area contributed by atoms with Gasteiger partial charge in [0.05, 0.1) is 6.20 Å². The van der Waals surface area contributed by atoms with Crippen molar-refractivity contribution in [3.63, 3.8) is 0 Å². The largest absolute Gasteiger partial charge is 0.313 e. The zero-order valence-electron chi connectivity index (χ0n) is 12.0. The zero-order chi connectivity index (χ0) is 14.6. The number of aromatic nitrogens is 2. The molecule has 0 radical (unpaired) electrons. The summed E-state index contributed by atoms with van der Waals surface area (Å²) < 4.78 is 26.7. The topological polar surface area (TPSA) is 78.1 Å². The third-order valence-corrected chi connectivity index (χ3v) is 5.30. The smallest absolute Gasteiger partial charge is 0.260 e. The SMILES string of the molecule is CCCNCc1cn[nH]c1S(=O)(=O)N1CC=C(C)CC1. The molecule has 20 heavy (non-hydrogen) atoms. The highest BCUT2D eigenvalue weighted by Crippen LogP contribution is 2.21. The molecule has 0 spiro atoms. The summed E-state index contributed by atoms with van der Waals surface area (Å²) in [5, 5.41) is 9.95. The van der Waals surface area contributed by atoms with Crippen LogP contribution in [0.25, 0.3) is 0 Å². The highest BCUT2D eigenvalue weighted by molar-refractivity contribution is 7.89. The number of sulfonamides is 1. The number of hydrogen-bond acceptors (Lipinski definition) is 4. The molecular formula is C13H22N4O2S. The molecule has 0 bridgehead atoms. The molecule has 0 atom stereocenters. The Balaban J connectivity index is 2.16. The van der Waals surface area contributed by atoms with Gasteiger partial charge in [0.1, 0.15) is 0 Å². The van der Waals surface area contributed by atoms with Crippen LogP contribution in [-0.4, -0.2) is 42.6 Å². The van der Waals surface area contributed by atoms with Gasteiger partial charge in [-0.3, -0.25) is 5.10 Å². The third-order valence-electron chi connectivity index (χ3n) is 3.42. The summed E-state index contributed by atoms with van der Waals surface area (Å²) in [7, 11) is -3.48. The van der Waals surface area contributed by atoms with E-state index in [9.17, 15) is 8.42 Å². The molecule has 0 aromatic carbocycles. The van der Waals surface area contributed by atoms with Crippen molar-refractivity contribution < 1.29 is 8.42 Å². The molecule has 0 fully saturated rings. The van der Waals surface area contributed by atoms with Gasteiger partial charge in [-0.25, -0.2) is 8.42 Å². The van der Waals surface area contributed by atoms with E-state index in [-0.39, 0.29) is 5.03 Å². The van der Waals surface area contributed by atoms with Crippen molar-refractivity contribution in [2.45, 2.75) is 38.3 Å². The van der Waals surface area contributed by atoms with Gasteiger partial charge in [0.25, 0.3) is 10.0 Å². The maximum Gasteiger partial charge on any atom is 0.260 e. The fraction of sp³-hybridized carbons (Fsp3) is 0.615. The highest BCUT2D eigenvalue weighted by atomic mass is 32.2. The highest BCUT2D eigenvalue weighted by Gasteiger charge is 2.29. The van der Waals surface area contributed by atoms with Crippen LogP contribution in [0.4, 0.5) is 0 Å². The molecule has 112 valence electrons. The van der Waals surface area contributed by atoms with Crippen molar-refractivity contribution in [1.29, 1.82) is 0 Å². The van der Waals surface area contributed by atoms with Crippen LogP contribution in [0, 0.1) is 0 Å². The summed E-state index contributed by atoms with van der Waals surface area (Å²) in [6, 6.07) is 0. The lowest BCUT2D eigenvalue weighted by atomic mass is 10.1. The zero-order valence-corrected chi connectivity index (χ0v) is 12.8. The Hall–Kier alpha value is -1.18. The van der Waals surface area contributed by atoms with Crippen molar-refractivity contribution in [3.8, 4) is 0 Å². The molecule has 2 heterocycles. The molecule has 0 amide bonds. The predicted octanol–water partition coefficient (Wildman–Crippen LogP) is 1.25. The van der Waals surface area contributed by atoms with E-state index in [0.29, 0.717) is 25.2 Å². The minimum Gasteiger partial charge on any atom is -0.313 e. The first-order valence-electron chi connectivity index (χ1n) is 6.94. The number of H-pyrrole nitrogens is 1. The Morgan fingerprint density at radius 2 is 2.30 bits per heavy atom. The molecule has 0 unspecified atom stereocenters. The first-order chi connectivity index (χ1) is 9.55. The molecule has 6 nitrogen and oxygen atoms in total. The Labute approximate surface area is 120 Å². The van der Waals surface area contributed by atoms with Crippen molar-refractivity contribution in [3.05, 3.63) is 23.4 Å².